The Kier molecular flexibility index (Phi) is 5.49. The van der Waals surface area contributed by atoms with E-state index >= 15 is 0 Å². The molecule has 4 heteroatoms. The third-order valence-corrected chi connectivity index (χ3v) is 8.32. The first-order valence-electron chi connectivity index (χ1n) is 10.4. The first kappa shape index (κ1) is 20.1. The molecule has 2 aromatic heterocycles. The Balaban J connectivity index is 1.59. The third-order valence-electron chi connectivity index (χ3n) is 5.48. The van der Waals surface area contributed by atoms with Crippen molar-refractivity contribution in [2.75, 3.05) is 0 Å². The van der Waals surface area contributed by atoms with Gasteiger partial charge in [0.15, 0.2) is 0 Å². The lowest BCUT2D eigenvalue weighted by atomic mass is 10.1. The van der Waals surface area contributed by atoms with Gasteiger partial charge in [-0.2, -0.15) is 0 Å². The summed E-state index contributed by atoms with van der Waals surface area (Å²) in [5, 5.41) is 0.722. The van der Waals surface area contributed by atoms with Gasteiger partial charge in [0, 0.05) is 28.8 Å². The molecule has 3 nitrogen and oxygen atoms in total. The van der Waals surface area contributed by atoms with Gasteiger partial charge in [-0.1, -0.05) is 103 Å². The van der Waals surface area contributed by atoms with Crippen LogP contribution in [0.3, 0.4) is 0 Å². The van der Waals surface area contributed by atoms with E-state index in [9.17, 15) is 4.57 Å². The lowest BCUT2D eigenvalue weighted by molar-refractivity contribution is 0.591. The Morgan fingerprint density at radius 1 is 0.438 bits per heavy atom. The van der Waals surface area contributed by atoms with Gasteiger partial charge in [-0.25, -0.2) is 0 Å². The highest BCUT2D eigenvalue weighted by molar-refractivity contribution is 7.84. The zero-order valence-corrected chi connectivity index (χ0v) is 18.3. The summed E-state index contributed by atoms with van der Waals surface area (Å²) in [6, 6.07) is 37.3. The quantitative estimate of drug-likeness (QED) is 0.347. The topological polar surface area (TPSA) is 42.9 Å². The van der Waals surface area contributed by atoms with E-state index in [2.05, 4.69) is 9.97 Å². The fourth-order valence-corrected chi connectivity index (χ4v) is 6.13. The zero-order chi connectivity index (χ0) is 21.8. The van der Waals surface area contributed by atoms with E-state index in [0.29, 0.717) is 10.9 Å². The van der Waals surface area contributed by atoms with Gasteiger partial charge < -0.3 is 4.57 Å². The van der Waals surface area contributed by atoms with Gasteiger partial charge in [-0.3, -0.25) is 9.97 Å². The van der Waals surface area contributed by atoms with Crippen molar-refractivity contribution in [1.29, 1.82) is 0 Å². The molecule has 0 fully saturated rings. The molecular weight excluding hydrogens is 411 g/mol. The summed E-state index contributed by atoms with van der Waals surface area (Å²) in [7, 11) is -3.22. The molecule has 0 unspecified atom stereocenters. The lowest BCUT2D eigenvalue weighted by Gasteiger charge is -2.18. The highest BCUT2D eigenvalue weighted by Gasteiger charge is 2.32. The van der Waals surface area contributed by atoms with Crippen LogP contribution in [0.5, 0.6) is 0 Å². The van der Waals surface area contributed by atoms with Crippen molar-refractivity contribution in [2.24, 2.45) is 0 Å². The maximum atomic E-state index is 14.6. The van der Waals surface area contributed by atoms with Gasteiger partial charge in [0.2, 0.25) is 7.14 Å². The predicted molar refractivity (Wildman–Crippen MR) is 132 cm³/mol. The van der Waals surface area contributed by atoms with Crippen LogP contribution >= 0.6 is 7.14 Å². The fraction of sp³-hybridized carbons (Fsp3) is 0. The molecule has 0 radical (unpaired) electrons. The van der Waals surface area contributed by atoms with E-state index in [-0.39, 0.29) is 0 Å². The Labute approximate surface area is 187 Å². The minimum absolute atomic E-state index is 0.531. The van der Waals surface area contributed by atoms with Gasteiger partial charge >= 0.3 is 0 Å². The molecular formula is C28H21N2OP. The molecule has 0 aliphatic heterocycles. The van der Waals surface area contributed by atoms with E-state index in [1.165, 1.54) is 0 Å². The van der Waals surface area contributed by atoms with Crippen molar-refractivity contribution in [3.63, 3.8) is 0 Å². The Morgan fingerprint density at radius 2 is 0.844 bits per heavy atom. The average Bonchev–Trinajstić information content (AvgIpc) is 2.90. The average molecular weight is 432 g/mol. The maximum absolute atomic E-state index is 14.6. The molecule has 5 aromatic rings. The number of hydrogen-bond donors (Lipinski definition) is 0. The van der Waals surface area contributed by atoms with Gasteiger partial charge in [0.05, 0.1) is 0 Å². The second-order valence-electron chi connectivity index (χ2n) is 7.49. The molecule has 0 spiro atoms. The first-order chi connectivity index (χ1) is 15.7. The second kappa shape index (κ2) is 8.74. The molecule has 0 aliphatic carbocycles. The largest absolute Gasteiger partial charge is 0.305 e. The van der Waals surface area contributed by atoms with Crippen molar-refractivity contribution in [3.8, 4) is 22.3 Å². The fourth-order valence-electron chi connectivity index (χ4n) is 3.77. The van der Waals surface area contributed by atoms with Crippen molar-refractivity contribution < 1.29 is 4.57 Å². The van der Waals surface area contributed by atoms with Gasteiger partial charge in [-0.05, 0) is 23.3 Å². The molecule has 0 saturated heterocycles. The van der Waals surface area contributed by atoms with Crippen LogP contribution in [0, 0.1) is 0 Å². The van der Waals surface area contributed by atoms with E-state index in [1.807, 2.05) is 115 Å². The Morgan fingerprint density at radius 3 is 1.22 bits per heavy atom. The minimum atomic E-state index is -3.22. The predicted octanol–water partition coefficient (Wildman–Crippen LogP) is 5.45. The van der Waals surface area contributed by atoms with Crippen LogP contribution in [-0.4, -0.2) is 9.97 Å². The number of pyridine rings is 2. The van der Waals surface area contributed by atoms with E-state index in [0.717, 1.165) is 27.6 Å². The normalized spacial score (nSPS) is 11.2. The summed E-state index contributed by atoms with van der Waals surface area (Å²) in [4.78, 5) is 9.31. The highest BCUT2D eigenvalue weighted by Crippen LogP contribution is 2.41. The summed E-state index contributed by atoms with van der Waals surface area (Å²) < 4.78 is 14.6. The van der Waals surface area contributed by atoms with Crippen LogP contribution in [0.2, 0.25) is 0 Å². The molecule has 3 aromatic carbocycles. The zero-order valence-electron chi connectivity index (χ0n) is 17.4. The number of nitrogens with zero attached hydrogens (tertiary/aromatic N) is 2. The number of hydrogen-bond acceptors (Lipinski definition) is 3. The summed E-state index contributed by atoms with van der Waals surface area (Å²) in [5.74, 6) is 0. The summed E-state index contributed by atoms with van der Waals surface area (Å²) in [6.07, 6.45) is 3.58. The molecule has 2 heterocycles. The molecule has 0 saturated carbocycles. The minimum Gasteiger partial charge on any atom is -0.305 e. The molecule has 0 bridgehead atoms. The summed E-state index contributed by atoms with van der Waals surface area (Å²) in [5.41, 5.74) is 5.19. The molecule has 5 rings (SSSR count). The van der Waals surface area contributed by atoms with Crippen LogP contribution in [-0.2, 0) is 4.57 Å². The van der Waals surface area contributed by atoms with Gasteiger partial charge in [0.25, 0.3) is 0 Å². The van der Waals surface area contributed by atoms with Crippen molar-refractivity contribution in [1.82, 2.24) is 9.97 Å². The molecule has 0 atom stereocenters. The monoisotopic (exact) mass is 432 g/mol. The van der Waals surface area contributed by atoms with Crippen molar-refractivity contribution in [3.05, 3.63) is 128 Å². The standard InChI is InChI=1S/C28H21N2OP/c31-32(26-14-8-3-9-15-26,27-18-16-24(20-29-27)22-10-4-1-5-11-22)28-19-17-25(21-30-28)23-12-6-2-7-13-23/h1-21H. The van der Waals surface area contributed by atoms with Crippen LogP contribution in [0.1, 0.15) is 0 Å². The Bertz CT molecular complexity index is 1270. The molecule has 0 N–H and O–H groups in total. The number of aromatic nitrogens is 2. The van der Waals surface area contributed by atoms with Crippen LogP contribution in [0.15, 0.2) is 128 Å². The summed E-state index contributed by atoms with van der Waals surface area (Å²) >= 11 is 0. The summed E-state index contributed by atoms with van der Waals surface area (Å²) in [6.45, 7) is 0. The van der Waals surface area contributed by atoms with Gasteiger partial charge in [0.1, 0.15) is 10.9 Å². The van der Waals surface area contributed by atoms with E-state index < -0.39 is 7.14 Å². The van der Waals surface area contributed by atoms with Crippen molar-refractivity contribution >= 4 is 23.3 Å². The first-order valence-corrected chi connectivity index (χ1v) is 12.2. The maximum Gasteiger partial charge on any atom is 0.205 e. The molecule has 0 amide bonds. The molecule has 154 valence electrons. The second-order valence-corrected chi connectivity index (χ2v) is 10.1. The molecule has 0 aliphatic rings. The van der Waals surface area contributed by atoms with Gasteiger partial charge in [-0.15, -0.1) is 0 Å². The van der Waals surface area contributed by atoms with Crippen LogP contribution < -0.4 is 16.2 Å². The van der Waals surface area contributed by atoms with E-state index in [4.69, 9.17) is 0 Å². The van der Waals surface area contributed by atoms with Crippen molar-refractivity contribution in [2.45, 2.75) is 0 Å². The van der Waals surface area contributed by atoms with E-state index in [1.54, 1.807) is 12.4 Å². The lowest BCUT2D eigenvalue weighted by Crippen LogP contribution is -2.28. The van der Waals surface area contributed by atoms with Crippen LogP contribution in [0.25, 0.3) is 22.3 Å². The highest BCUT2D eigenvalue weighted by atomic mass is 31.2. The number of rotatable bonds is 5. The smallest absolute Gasteiger partial charge is 0.205 e. The van der Waals surface area contributed by atoms with Crippen LogP contribution in [0.4, 0.5) is 0 Å². The third kappa shape index (κ3) is 3.79. The SMILES string of the molecule is O=P(c1ccccc1)(c1ccc(-c2ccccc2)cn1)c1ccc(-c2ccccc2)cn1. The Hall–Kier alpha value is -3.81. The number of benzene rings is 3. The molecule has 32 heavy (non-hydrogen) atoms.